The lowest BCUT2D eigenvalue weighted by Crippen LogP contribution is -2.09. The van der Waals surface area contributed by atoms with Gasteiger partial charge in [-0.25, -0.2) is 0 Å². The molecule has 2 rings (SSSR count). The molecule has 0 bridgehead atoms. The number of amides is 1. The maximum Gasteiger partial charge on any atom is 0.248 e. The number of nitrogens with one attached hydrogen (secondary N) is 1. The number of halogens is 2. The van der Waals surface area contributed by atoms with E-state index in [9.17, 15) is 4.79 Å². The van der Waals surface area contributed by atoms with Crippen LogP contribution in [0.25, 0.3) is 6.08 Å². The first kappa shape index (κ1) is 17.4. The Labute approximate surface area is 148 Å². The molecule has 0 fully saturated rings. The summed E-state index contributed by atoms with van der Waals surface area (Å²) in [6.45, 7) is 0. The van der Waals surface area contributed by atoms with E-state index in [1.807, 2.05) is 24.3 Å². The van der Waals surface area contributed by atoms with Crippen molar-refractivity contribution in [3.05, 3.63) is 57.5 Å². The molecule has 0 spiro atoms. The number of hydrogen-bond acceptors (Lipinski definition) is 3. The van der Waals surface area contributed by atoms with Crippen molar-refractivity contribution in [2.24, 2.45) is 0 Å². The normalized spacial score (nSPS) is 10.6. The van der Waals surface area contributed by atoms with Crippen LogP contribution in [0.5, 0.6) is 11.5 Å². The van der Waals surface area contributed by atoms with Gasteiger partial charge < -0.3 is 14.8 Å². The topological polar surface area (TPSA) is 47.6 Å². The molecule has 0 aromatic heterocycles. The average Bonchev–Trinajstić information content (AvgIpc) is 2.55. The molecule has 1 N–H and O–H groups in total. The molecule has 6 heteroatoms. The smallest absolute Gasteiger partial charge is 0.248 e. The number of carbonyl (C=O) groups is 1. The van der Waals surface area contributed by atoms with Gasteiger partial charge in [-0.1, -0.05) is 39.7 Å². The molecule has 1 amide bonds. The summed E-state index contributed by atoms with van der Waals surface area (Å²) in [4.78, 5) is 12.1. The van der Waals surface area contributed by atoms with Gasteiger partial charge >= 0.3 is 0 Å². The standard InChI is InChI=1S/C17H15BrClNO3/c1-22-15-10-14(16(23-2)9-13(15)19)20-17(21)8-5-11-3-6-12(18)7-4-11/h3-10H,1-2H3,(H,20,21)/b8-5+. The first-order valence-corrected chi connectivity index (χ1v) is 7.86. The molecule has 0 saturated carbocycles. The van der Waals surface area contributed by atoms with Crippen LogP contribution in [0.2, 0.25) is 5.02 Å². The van der Waals surface area contributed by atoms with E-state index in [-0.39, 0.29) is 5.91 Å². The van der Waals surface area contributed by atoms with E-state index < -0.39 is 0 Å². The number of ether oxygens (including phenoxy) is 2. The average molecular weight is 397 g/mol. The third-order valence-corrected chi connectivity index (χ3v) is 3.85. The van der Waals surface area contributed by atoms with Crippen LogP contribution in [0.1, 0.15) is 5.56 Å². The zero-order valence-corrected chi connectivity index (χ0v) is 14.9. The Hall–Kier alpha value is -1.98. The van der Waals surface area contributed by atoms with Crippen molar-refractivity contribution in [1.82, 2.24) is 0 Å². The summed E-state index contributed by atoms with van der Waals surface area (Å²) >= 11 is 9.40. The summed E-state index contributed by atoms with van der Waals surface area (Å²) in [5.74, 6) is 0.636. The summed E-state index contributed by atoms with van der Waals surface area (Å²) in [5.41, 5.74) is 1.41. The second kappa shape index (κ2) is 8.04. The number of rotatable bonds is 5. The summed E-state index contributed by atoms with van der Waals surface area (Å²) in [7, 11) is 3.01. The Morgan fingerprint density at radius 3 is 2.39 bits per heavy atom. The summed E-state index contributed by atoms with van der Waals surface area (Å²) in [6, 6.07) is 10.8. The number of methoxy groups -OCH3 is 2. The van der Waals surface area contributed by atoms with E-state index in [4.69, 9.17) is 21.1 Å². The van der Waals surface area contributed by atoms with Gasteiger partial charge in [-0.15, -0.1) is 0 Å². The van der Waals surface area contributed by atoms with Crippen LogP contribution in [-0.2, 0) is 4.79 Å². The van der Waals surface area contributed by atoms with E-state index in [0.717, 1.165) is 10.0 Å². The van der Waals surface area contributed by atoms with E-state index in [1.54, 1.807) is 18.2 Å². The molecule has 0 aliphatic rings. The molecule has 0 radical (unpaired) electrons. The second-order valence-electron chi connectivity index (χ2n) is 4.56. The van der Waals surface area contributed by atoms with Crippen molar-refractivity contribution in [3.63, 3.8) is 0 Å². The van der Waals surface area contributed by atoms with Gasteiger partial charge in [0.15, 0.2) is 0 Å². The van der Waals surface area contributed by atoms with E-state index in [2.05, 4.69) is 21.2 Å². The fourth-order valence-electron chi connectivity index (χ4n) is 1.88. The monoisotopic (exact) mass is 395 g/mol. The number of carbonyl (C=O) groups excluding carboxylic acids is 1. The molecule has 0 aliphatic carbocycles. The van der Waals surface area contributed by atoms with Gasteiger partial charge in [0.2, 0.25) is 5.91 Å². The Kier molecular flexibility index (Phi) is 6.07. The van der Waals surface area contributed by atoms with Crippen LogP contribution >= 0.6 is 27.5 Å². The highest BCUT2D eigenvalue weighted by molar-refractivity contribution is 9.10. The van der Waals surface area contributed by atoms with E-state index in [0.29, 0.717) is 22.2 Å². The molecule has 0 aliphatic heterocycles. The SMILES string of the molecule is COc1cc(NC(=O)/C=C/c2ccc(Br)cc2)c(OC)cc1Cl. The lowest BCUT2D eigenvalue weighted by Gasteiger charge is -2.12. The van der Waals surface area contributed by atoms with Gasteiger partial charge in [-0.05, 0) is 23.8 Å². The molecule has 0 atom stereocenters. The van der Waals surface area contributed by atoms with Crippen LogP contribution in [0.3, 0.4) is 0 Å². The lowest BCUT2D eigenvalue weighted by molar-refractivity contribution is -0.111. The molecule has 120 valence electrons. The lowest BCUT2D eigenvalue weighted by atomic mass is 10.2. The summed E-state index contributed by atoms with van der Waals surface area (Å²) in [5, 5.41) is 3.16. The maximum absolute atomic E-state index is 12.1. The van der Waals surface area contributed by atoms with Gasteiger partial charge in [0, 0.05) is 22.7 Å². The molecule has 4 nitrogen and oxygen atoms in total. The number of anilines is 1. The third-order valence-electron chi connectivity index (χ3n) is 3.03. The van der Waals surface area contributed by atoms with Crippen molar-refractivity contribution < 1.29 is 14.3 Å². The fraction of sp³-hybridized carbons (Fsp3) is 0.118. The molecule has 2 aromatic carbocycles. The van der Waals surface area contributed by atoms with Gasteiger partial charge in [0.05, 0.1) is 24.9 Å². The molecule has 0 saturated heterocycles. The van der Waals surface area contributed by atoms with Gasteiger partial charge in [-0.3, -0.25) is 4.79 Å². The largest absolute Gasteiger partial charge is 0.495 e. The molecular formula is C17H15BrClNO3. The van der Waals surface area contributed by atoms with Crippen LogP contribution in [0.15, 0.2) is 46.9 Å². The predicted octanol–water partition coefficient (Wildman–Crippen LogP) is 4.77. The highest BCUT2D eigenvalue weighted by Crippen LogP contribution is 2.35. The maximum atomic E-state index is 12.1. The number of benzene rings is 2. The molecule has 2 aromatic rings. The van der Waals surface area contributed by atoms with Gasteiger partial charge in [-0.2, -0.15) is 0 Å². The molecule has 0 heterocycles. The van der Waals surface area contributed by atoms with Gasteiger partial charge in [0.1, 0.15) is 11.5 Å². The highest BCUT2D eigenvalue weighted by atomic mass is 79.9. The minimum Gasteiger partial charge on any atom is -0.495 e. The molecular weight excluding hydrogens is 382 g/mol. The third kappa shape index (κ3) is 4.74. The second-order valence-corrected chi connectivity index (χ2v) is 5.88. The van der Waals surface area contributed by atoms with Crippen molar-refractivity contribution in [1.29, 1.82) is 0 Å². The molecule has 0 unspecified atom stereocenters. The van der Waals surface area contributed by atoms with Crippen LogP contribution in [0, 0.1) is 0 Å². The Morgan fingerprint density at radius 1 is 1.13 bits per heavy atom. The Balaban J connectivity index is 2.14. The van der Waals surface area contributed by atoms with Crippen molar-refractivity contribution in [2.45, 2.75) is 0 Å². The van der Waals surface area contributed by atoms with Crippen LogP contribution in [-0.4, -0.2) is 20.1 Å². The molecule has 23 heavy (non-hydrogen) atoms. The zero-order valence-electron chi connectivity index (χ0n) is 12.6. The predicted molar refractivity (Wildman–Crippen MR) is 96.4 cm³/mol. The Morgan fingerprint density at radius 2 is 1.78 bits per heavy atom. The fourth-order valence-corrected chi connectivity index (χ4v) is 2.37. The first-order chi connectivity index (χ1) is 11.0. The summed E-state index contributed by atoms with van der Waals surface area (Å²) in [6.07, 6.45) is 3.17. The van der Waals surface area contributed by atoms with E-state index in [1.165, 1.54) is 20.3 Å². The van der Waals surface area contributed by atoms with Crippen LogP contribution in [0.4, 0.5) is 5.69 Å². The minimum absolute atomic E-state index is 0.282. The Bertz CT molecular complexity index is 729. The highest BCUT2D eigenvalue weighted by Gasteiger charge is 2.11. The quantitative estimate of drug-likeness (QED) is 0.741. The minimum atomic E-state index is -0.282. The van der Waals surface area contributed by atoms with Crippen molar-refractivity contribution in [3.8, 4) is 11.5 Å². The zero-order chi connectivity index (χ0) is 16.8. The van der Waals surface area contributed by atoms with Crippen molar-refractivity contribution >= 4 is 45.2 Å². The summed E-state index contributed by atoms with van der Waals surface area (Å²) < 4.78 is 11.3. The van der Waals surface area contributed by atoms with Crippen LogP contribution < -0.4 is 14.8 Å². The van der Waals surface area contributed by atoms with Gasteiger partial charge in [0.25, 0.3) is 0 Å². The first-order valence-electron chi connectivity index (χ1n) is 6.69. The number of hydrogen-bond donors (Lipinski definition) is 1. The van der Waals surface area contributed by atoms with Crippen molar-refractivity contribution in [2.75, 3.05) is 19.5 Å². The van der Waals surface area contributed by atoms with E-state index >= 15 is 0 Å².